The van der Waals surface area contributed by atoms with Crippen molar-refractivity contribution in [2.24, 2.45) is 0 Å². The zero-order valence-electron chi connectivity index (χ0n) is 14.9. The van der Waals surface area contributed by atoms with Crippen molar-refractivity contribution in [2.45, 2.75) is 20.4 Å². The molecule has 0 radical (unpaired) electrons. The van der Waals surface area contributed by atoms with Crippen LogP contribution in [0, 0.1) is 17.1 Å². The molecule has 3 rings (SSSR count). The van der Waals surface area contributed by atoms with Crippen molar-refractivity contribution in [3.8, 4) is 17.6 Å². The lowest BCUT2D eigenvalue weighted by atomic mass is 10.1. The fourth-order valence-electron chi connectivity index (χ4n) is 2.98. The van der Waals surface area contributed by atoms with Crippen molar-refractivity contribution in [2.75, 3.05) is 13.2 Å². The molecule has 0 spiro atoms. The lowest BCUT2D eigenvalue weighted by molar-refractivity contribution is 0.0640. The third-order valence-corrected chi connectivity index (χ3v) is 4.19. The van der Waals surface area contributed by atoms with Crippen LogP contribution >= 0.6 is 0 Å². The largest absolute Gasteiger partial charge is 0.490 e. The summed E-state index contributed by atoms with van der Waals surface area (Å²) in [7, 11) is 0. The first-order valence-corrected chi connectivity index (χ1v) is 8.49. The van der Waals surface area contributed by atoms with Crippen molar-refractivity contribution in [1.29, 1.82) is 5.26 Å². The van der Waals surface area contributed by atoms with Gasteiger partial charge in [-0.25, -0.2) is 4.39 Å². The highest BCUT2D eigenvalue weighted by Crippen LogP contribution is 2.36. The number of carbonyl (C=O) groups excluding carboxylic acids is 2. The predicted octanol–water partition coefficient (Wildman–Crippen LogP) is 3.29. The molecule has 6 nitrogen and oxygen atoms in total. The third-order valence-electron chi connectivity index (χ3n) is 4.19. The van der Waals surface area contributed by atoms with Crippen LogP contribution in [-0.2, 0) is 6.54 Å². The van der Waals surface area contributed by atoms with Gasteiger partial charge in [0.25, 0.3) is 11.8 Å². The van der Waals surface area contributed by atoms with Gasteiger partial charge in [0.15, 0.2) is 17.3 Å². The molecule has 1 heterocycles. The molecule has 1 aliphatic heterocycles. The first-order valence-electron chi connectivity index (χ1n) is 8.49. The van der Waals surface area contributed by atoms with Gasteiger partial charge in [-0.05, 0) is 26.0 Å². The Morgan fingerprint density at radius 3 is 2.19 bits per heavy atom. The minimum absolute atomic E-state index is 0.0176. The van der Waals surface area contributed by atoms with Crippen molar-refractivity contribution in [3.63, 3.8) is 0 Å². The SMILES string of the molecule is CCOc1cc(C#N)c(CN2C(=O)c3ccccc3C2=O)c(F)c1OCC. The van der Waals surface area contributed by atoms with Crippen LogP contribution in [0.2, 0.25) is 0 Å². The second-order valence-corrected chi connectivity index (χ2v) is 5.76. The first-order chi connectivity index (χ1) is 13.0. The van der Waals surface area contributed by atoms with Gasteiger partial charge < -0.3 is 9.47 Å². The van der Waals surface area contributed by atoms with Gasteiger partial charge in [-0.3, -0.25) is 14.5 Å². The van der Waals surface area contributed by atoms with Crippen LogP contribution in [0.25, 0.3) is 0 Å². The number of benzene rings is 2. The minimum Gasteiger partial charge on any atom is -0.490 e. The Kier molecular flexibility index (Phi) is 5.08. The molecule has 2 amide bonds. The lowest BCUT2D eigenvalue weighted by Gasteiger charge is -2.19. The van der Waals surface area contributed by atoms with E-state index in [9.17, 15) is 14.9 Å². The normalized spacial score (nSPS) is 12.7. The number of amides is 2. The highest BCUT2D eigenvalue weighted by molar-refractivity contribution is 6.21. The zero-order chi connectivity index (χ0) is 19.6. The monoisotopic (exact) mass is 368 g/mol. The highest BCUT2D eigenvalue weighted by Gasteiger charge is 2.36. The zero-order valence-corrected chi connectivity index (χ0v) is 14.9. The fraction of sp³-hybridized carbons (Fsp3) is 0.250. The summed E-state index contributed by atoms with van der Waals surface area (Å²) in [6.07, 6.45) is 0. The summed E-state index contributed by atoms with van der Waals surface area (Å²) in [5.41, 5.74) is 0.421. The average molecular weight is 368 g/mol. The number of nitrogens with zero attached hydrogens (tertiary/aromatic N) is 2. The minimum atomic E-state index is -0.809. The van der Waals surface area contributed by atoms with Crippen LogP contribution in [0.15, 0.2) is 30.3 Å². The Morgan fingerprint density at radius 2 is 1.67 bits per heavy atom. The molecule has 0 saturated heterocycles. The van der Waals surface area contributed by atoms with Crippen LogP contribution < -0.4 is 9.47 Å². The van der Waals surface area contributed by atoms with E-state index in [1.807, 2.05) is 6.07 Å². The van der Waals surface area contributed by atoms with E-state index in [4.69, 9.17) is 9.47 Å². The number of imide groups is 1. The summed E-state index contributed by atoms with van der Waals surface area (Å²) in [6.45, 7) is 3.51. The Hall–Kier alpha value is -3.40. The molecule has 0 aliphatic carbocycles. The number of nitriles is 1. The molecule has 0 bridgehead atoms. The fourth-order valence-corrected chi connectivity index (χ4v) is 2.98. The van der Waals surface area contributed by atoms with E-state index in [0.717, 1.165) is 4.90 Å². The third kappa shape index (κ3) is 3.10. The molecule has 0 fully saturated rings. The van der Waals surface area contributed by atoms with Gasteiger partial charge >= 0.3 is 0 Å². The maximum Gasteiger partial charge on any atom is 0.261 e. The van der Waals surface area contributed by atoms with Crippen LogP contribution in [0.3, 0.4) is 0 Å². The van der Waals surface area contributed by atoms with Gasteiger partial charge in [0.05, 0.1) is 42.5 Å². The van der Waals surface area contributed by atoms with Gasteiger partial charge in [-0.15, -0.1) is 0 Å². The molecule has 1 aliphatic rings. The number of halogens is 1. The summed E-state index contributed by atoms with van der Waals surface area (Å²) in [5, 5.41) is 9.43. The molecular weight excluding hydrogens is 351 g/mol. The molecule has 0 aromatic heterocycles. The molecule has 27 heavy (non-hydrogen) atoms. The van der Waals surface area contributed by atoms with E-state index in [2.05, 4.69) is 0 Å². The van der Waals surface area contributed by atoms with Crippen LogP contribution in [0.5, 0.6) is 11.5 Å². The van der Waals surface area contributed by atoms with Crippen molar-refractivity contribution in [3.05, 3.63) is 58.4 Å². The number of hydrogen-bond donors (Lipinski definition) is 0. The topological polar surface area (TPSA) is 79.6 Å². The van der Waals surface area contributed by atoms with Gasteiger partial charge in [0, 0.05) is 11.6 Å². The number of fused-ring (bicyclic) bond motifs is 1. The summed E-state index contributed by atoms with van der Waals surface area (Å²) < 4.78 is 25.8. The lowest BCUT2D eigenvalue weighted by Crippen LogP contribution is -2.30. The number of carbonyl (C=O) groups is 2. The number of rotatable bonds is 6. The summed E-state index contributed by atoms with van der Waals surface area (Å²) in [4.78, 5) is 26.0. The predicted molar refractivity (Wildman–Crippen MR) is 94.1 cm³/mol. The van der Waals surface area contributed by atoms with Gasteiger partial charge in [-0.1, -0.05) is 12.1 Å². The van der Waals surface area contributed by atoms with Crippen molar-refractivity contribution in [1.82, 2.24) is 4.90 Å². The Bertz CT molecular complexity index is 930. The maximum absolute atomic E-state index is 15.1. The van der Waals surface area contributed by atoms with E-state index in [1.54, 1.807) is 38.1 Å². The van der Waals surface area contributed by atoms with Gasteiger partial charge in [0.1, 0.15) is 0 Å². The Morgan fingerprint density at radius 1 is 1.07 bits per heavy atom. The number of ether oxygens (including phenoxy) is 2. The smallest absolute Gasteiger partial charge is 0.261 e. The molecule has 0 unspecified atom stereocenters. The van der Waals surface area contributed by atoms with E-state index < -0.39 is 17.6 Å². The maximum atomic E-state index is 15.1. The van der Waals surface area contributed by atoms with Crippen LogP contribution in [0.4, 0.5) is 4.39 Å². The van der Waals surface area contributed by atoms with E-state index in [-0.39, 0.29) is 53.5 Å². The molecule has 0 atom stereocenters. The van der Waals surface area contributed by atoms with E-state index in [0.29, 0.717) is 0 Å². The second-order valence-electron chi connectivity index (χ2n) is 5.76. The van der Waals surface area contributed by atoms with E-state index >= 15 is 4.39 Å². The summed E-state index contributed by atoms with van der Waals surface area (Å²) in [6, 6.07) is 9.66. The Labute approximate surface area is 155 Å². The molecule has 2 aromatic rings. The molecule has 0 N–H and O–H groups in total. The van der Waals surface area contributed by atoms with Gasteiger partial charge in [0.2, 0.25) is 0 Å². The van der Waals surface area contributed by atoms with E-state index in [1.165, 1.54) is 6.07 Å². The standard InChI is InChI=1S/C20H17FN2O4/c1-3-26-16-9-12(10-22)15(17(21)18(16)27-4-2)11-23-19(24)13-7-5-6-8-14(13)20(23)25/h5-9H,3-4,11H2,1-2H3. The highest BCUT2D eigenvalue weighted by atomic mass is 19.1. The molecule has 7 heteroatoms. The molecule has 138 valence electrons. The van der Waals surface area contributed by atoms with Crippen LogP contribution in [0.1, 0.15) is 45.7 Å². The molecular formula is C20H17FN2O4. The van der Waals surface area contributed by atoms with Crippen molar-refractivity contribution < 1.29 is 23.5 Å². The average Bonchev–Trinajstić information content (AvgIpc) is 2.91. The van der Waals surface area contributed by atoms with Gasteiger partial charge in [-0.2, -0.15) is 5.26 Å². The van der Waals surface area contributed by atoms with Crippen molar-refractivity contribution >= 4 is 11.8 Å². The Balaban J connectivity index is 2.05. The summed E-state index contributed by atoms with van der Waals surface area (Å²) >= 11 is 0. The molecule has 2 aromatic carbocycles. The molecule has 0 saturated carbocycles. The summed E-state index contributed by atoms with van der Waals surface area (Å²) in [5.74, 6) is -1.88. The second kappa shape index (κ2) is 7.46. The quantitative estimate of drug-likeness (QED) is 0.731. The number of hydrogen-bond acceptors (Lipinski definition) is 5. The van der Waals surface area contributed by atoms with Crippen LogP contribution in [-0.4, -0.2) is 29.9 Å². The first kappa shape index (κ1) is 18.4.